The van der Waals surface area contributed by atoms with Crippen molar-refractivity contribution >= 4 is 16.8 Å². The Balaban J connectivity index is 1.49. The summed E-state index contributed by atoms with van der Waals surface area (Å²) in [5.41, 5.74) is 2.28. The Kier molecular flexibility index (Phi) is 2.89. The number of hydrogen-bond donors (Lipinski definition) is 1. The second kappa shape index (κ2) is 4.80. The Bertz CT molecular complexity index is 887. The maximum atomic E-state index is 11.5. The first-order valence-corrected chi connectivity index (χ1v) is 7.54. The summed E-state index contributed by atoms with van der Waals surface area (Å²) < 4.78 is 12.6. The van der Waals surface area contributed by atoms with Gasteiger partial charge in [0.1, 0.15) is 11.5 Å². The fraction of sp³-hybridized carbons (Fsp3) is 0.353. The van der Waals surface area contributed by atoms with Crippen molar-refractivity contribution in [1.29, 1.82) is 0 Å². The first-order chi connectivity index (χ1) is 10.6. The number of furan rings is 1. The number of oxazole rings is 1. The molecule has 0 unspecified atom stereocenters. The predicted molar refractivity (Wildman–Crippen MR) is 84.0 cm³/mol. The molecule has 1 aliphatic rings. The molecular formula is C17H18N2O3. The fourth-order valence-electron chi connectivity index (χ4n) is 2.84. The summed E-state index contributed by atoms with van der Waals surface area (Å²) in [6, 6.07) is 9.74. The molecule has 3 aromatic rings. The van der Waals surface area contributed by atoms with Crippen LogP contribution < -0.4 is 11.1 Å². The molecule has 114 valence electrons. The van der Waals surface area contributed by atoms with Crippen molar-refractivity contribution in [2.45, 2.75) is 25.8 Å². The number of anilines is 1. The Morgan fingerprint density at radius 2 is 2.09 bits per heavy atom. The third-order valence-electron chi connectivity index (χ3n) is 4.42. The van der Waals surface area contributed by atoms with Crippen LogP contribution >= 0.6 is 0 Å². The van der Waals surface area contributed by atoms with E-state index in [1.54, 1.807) is 7.05 Å². The second-order valence-electron chi connectivity index (χ2n) is 6.09. The minimum atomic E-state index is -0.346. The predicted octanol–water partition coefficient (Wildman–Crippen LogP) is 3.46. The molecule has 22 heavy (non-hydrogen) atoms. The molecule has 0 radical (unpaired) electrons. The summed E-state index contributed by atoms with van der Waals surface area (Å²) in [4.78, 5) is 11.5. The van der Waals surface area contributed by atoms with Crippen LogP contribution in [0.15, 0.2) is 44.0 Å². The van der Waals surface area contributed by atoms with Gasteiger partial charge in [-0.25, -0.2) is 4.79 Å². The van der Waals surface area contributed by atoms with Crippen molar-refractivity contribution in [3.05, 3.63) is 52.4 Å². The largest absolute Gasteiger partial charge is 0.464 e. The summed E-state index contributed by atoms with van der Waals surface area (Å²) >= 11 is 0. The lowest BCUT2D eigenvalue weighted by Crippen LogP contribution is -2.08. The van der Waals surface area contributed by atoms with Crippen LogP contribution in [0, 0.1) is 5.92 Å². The number of nitrogens with zero attached hydrogens (tertiary/aromatic N) is 1. The number of fused-ring (bicyclic) bond motifs is 1. The van der Waals surface area contributed by atoms with E-state index in [-0.39, 0.29) is 5.76 Å². The Morgan fingerprint density at radius 1 is 1.27 bits per heavy atom. The van der Waals surface area contributed by atoms with Gasteiger partial charge in [-0.05, 0) is 36.6 Å². The first-order valence-electron chi connectivity index (χ1n) is 7.54. The van der Waals surface area contributed by atoms with E-state index in [9.17, 15) is 4.79 Å². The fourth-order valence-corrected chi connectivity index (χ4v) is 2.84. The molecule has 1 aromatic carbocycles. The average molecular weight is 298 g/mol. The van der Waals surface area contributed by atoms with E-state index in [2.05, 4.69) is 18.3 Å². The number of benzene rings is 1. The molecule has 0 amide bonds. The molecule has 2 heterocycles. The summed E-state index contributed by atoms with van der Waals surface area (Å²) in [6.45, 7) is 2.86. The van der Waals surface area contributed by atoms with Gasteiger partial charge in [0.05, 0.1) is 12.1 Å². The lowest BCUT2D eigenvalue weighted by Gasteiger charge is -2.04. The molecule has 4 rings (SSSR count). The van der Waals surface area contributed by atoms with Gasteiger partial charge in [-0.2, -0.15) is 0 Å². The molecule has 5 heteroatoms. The Hall–Kier alpha value is -2.43. The molecule has 1 aliphatic carbocycles. The number of aromatic nitrogens is 1. The molecule has 1 fully saturated rings. The minimum Gasteiger partial charge on any atom is -0.464 e. The SMILES string of the molecule is C[C@H]1C[C@H]1c1ccc(CNc2ccc3c(c2)oc(=O)n3C)o1. The highest BCUT2D eigenvalue weighted by Crippen LogP contribution is 2.47. The van der Waals surface area contributed by atoms with Crippen LogP contribution in [0.25, 0.3) is 11.1 Å². The van der Waals surface area contributed by atoms with Gasteiger partial charge in [0.15, 0.2) is 5.58 Å². The van der Waals surface area contributed by atoms with E-state index >= 15 is 0 Å². The molecule has 2 aromatic heterocycles. The van der Waals surface area contributed by atoms with E-state index < -0.39 is 0 Å². The van der Waals surface area contributed by atoms with Gasteiger partial charge in [-0.15, -0.1) is 0 Å². The molecule has 2 atom stereocenters. The van der Waals surface area contributed by atoms with Gasteiger partial charge in [-0.3, -0.25) is 4.57 Å². The highest BCUT2D eigenvalue weighted by molar-refractivity contribution is 5.77. The van der Waals surface area contributed by atoms with Crippen LogP contribution in [0.3, 0.4) is 0 Å². The van der Waals surface area contributed by atoms with Crippen molar-refractivity contribution in [1.82, 2.24) is 4.57 Å². The van der Waals surface area contributed by atoms with Crippen LogP contribution in [-0.2, 0) is 13.6 Å². The van der Waals surface area contributed by atoms with E-state index in [0.717, 1.165) is 28.6 Å². The second-order valence-corrected chi connectivity index (χ2v) is 6.09. The van der Waals surface area contributed by atoms with E-state index in [1.807, 2.05) is 24.3 Å². The summed E-state index contributed by atoms with van der Waals surface area (Å²) in [5.74, 6) is 3.01. The zero-order valence-corrected chi connectivity index (χ0v) is 12.6. The smallest absolute Gasteiger partial charge is 0.419 e. The summed E-state index contributed by atoms with van der Waals surface area (Å²) in [5, 5.41) is 3.30. The average Bonchev–Trinajstić information content (AvgIpc) is 2.95. The lowest BCUT2D eigenvalue weighted by molar-refractivity contribution is 0.468. The maximum Gasteiger partial charge on any atom is 0.419 e. The normalized spacial score (nSPS) is 20.5. The zero-order chi connectivity index (χ0) is 15.3. The lowest BCUT2D eigenvalue weighted by atomic mass is 10.2. The first kappa shape index (κ1) is 13.2. The molecular weight excluding hydrogens is 280 g/mol. The van der Waals surface area contributed by atoms with Crippen molar-refractivity contribution in [3.63, 3.8) is 0 Å². The molecule has 5 nitrogen and oxygen atoms in total. The van der Waals surface area contributed by atoms with E-state index in [0.29, 0.717) is 18.0 Å². The third-order valence-corrected chi connectivity index (χ3v) is 4.42. The zero-order valence-electron chi connectivity index (χ0n) is 12.6. The van der Waals surface area contributed by atoms with E-state index in [4.69, 9.17) is 8.83 Å². The number of nitrogens with one attached hydrogen (secondary N) is 1. The monoisotopic (exact) mass is 298 g/mol. The maximum absolute atomic E-state index is 11.5. The van der Waals surface area contributed by atoms with Gasteiger partial charge in [0.2, 0.25) is 0 Å². The van der Waals surface area contributed by atoms with Crippen molar-refractivity contribution in [2.75, 3.05) is 5.32 Å². The van der Waals surface area contributed by atoms with Crippen molar-refractivity contribution in [2.24, 2.45) is 13.0 Å². The van der Waals surface area contributed by atoms with Gasteiger partial charge < -0.3 is 14.2 Å². The number of rotatable bonds is 4. The van der Waals surface area contributed by atoms with Crippen molar-refractivity contribution in [3.8, 4) is 0 Å². The molecule has 0 aliphatic heterocycles. The quantitative estimate of drug-likeness (QED) is 0.801. The highest BCUT2D eigenvalue weighted by atomic mass is 16.4. The molecule has 0 bridgehead atoms. The third kappa shape index (κ3) is 2.22. The number of hydrogen-bond acceptors (Lipinski definition) is 4. The molecule has 0 saturated heterocycles. The van der Waals surface area contributed by atoms with Gasteiger partial charge in [0, 0.05) is 24.7 Å². The summed E-state index contributed by atoms with van der Waals surface area (Å²) in [7, 11) is 1.70. The van der Waals surface area contributed by atoms with E-state index in [1.165, 1.54) is 11.0 Å². The molecule has 1 saturated carbocycles. The van der Waals surface area contributed by atoms with Crippen LogP contribution in [0.5, 0.6) is 0 Å². The van der Waals surface area contributed by atoms with Crippen LogP contribution in [0.2, 0.25) is 0 Å². The Labute approximate surface area is 127 Å². The van der Waals surface area contributed by atoms with Crippen LogP contribution in [-0.4, -0.2) is 4.57 Å². The summed E-state index contributed by atoms with van der Waals surface area (Å²) in [6.07, 6.45) is 1.23. The van der Waals surface area contributed by atoms with Gasteiger partial charge in [0.25, 0.3) is 0 Å². The van der Waals surface area contributed by atoms with Crippen LogP contribution in [0.1, 0.15) is 30.8 Å². The topological polar surface area (TPSA) is 60.3 Å². The highest BCUT2D eigenvalue weighted by Gasteiger charge is 2.36. The van der Waals surface area contributed by atoms with Gasteiger partial charge in [-0.1, -0.05) is 6.92 Å². The Morgan fingerprint density at radius 3 is 2.86 bits per heavy atom. The molecule has 1 N–H and O–H groups in total. The van der Waals surface area contributed by atoms with Crippen molar-refractivity contribution < 1.29 is 8.83 Å². The van der Waals surface area contributed by atoms with Crippen LogP contribution in [0.4, 0.5) is 5.69 Å². The minimum absolute atomic E-state index is 0.346. The standard InChI is InChI=1S/C17H18N2O3/c1-10-7-13(10)15-6-4-12(21-15)9-18-11-3-5-14-16(8-11)22-17(20)19(14)2/h3-6,8,10,13,18H,7,9H2,1-2H3/t10-,13+/m0/s1. The van der Waals surface area contributed by atoms with Gasteiger partial charge >= 0.3 is 5.76 Å². The number of aryl methyl sites for hydroxylation is 1. The molecule has 0 spiro atoms.